The first kappa shape index (κ1) is 17.0. The lowest BCUT2D eigenvalue weighted by atomic mass is 10.1. The SMILES string of the molecule is COCCOCCOCCN(C)c1c(C)cccc1C. The molecular weight excluding hydrogens is 254 g/mol. The van der Waals surface area contributed by atoms with E-state index in [1.807, 2.05) is 0 Å². The number of nitrogens with zero attached hydrogens (tertiary/aromatic N) is 1. The zero-order valence-corrected chi connectivity index (χ0v) is 13.1. The van der Waals surface area contributed by atoms with Gasteiger partial charge in [0.15, 0.2) is 0 Å². The number of ether oxygens (including phenoxy) is 3. The van der Waals surface area contributed by atoms with Crippen molar-refractivity contribution in [2.75, 3.05) is 58.6 Å². The molecule has 0 atom stereocenters. The first-order valence-electron chi connectivity index (χ1n) is 7.08. The van der Waals surface area contributed by atoms with Crippen molar-refractivity contribution >= 4 is 5.69 Å². The minimum absolute atomic E-state index is 0.621. The van der Waals surface area contributed by atoms with Crippen LogP contribution in [0, 0.1) is 13.8 Å². The maximum atomic E-state index is 5.58. The molecule has 0 aliphatic carbocycles. The van der Waals surface area contributed by atoms with Crippen molar-refractivity contribution < 1.29 is 14.2 Å². The van der Waals surface area contributed by atoms with Crippen LogP contribution < -0.4 is 4.90 Å². The molecule has 0 heterocycles. The van der Waals surface area contributed by atoms with Gasteiger partial charge in [0.25, 0.3) is 0 Å². The second-order valence-electron chi connectivity index (χ2n) is 4.88. The molecule has 0 unspecified atom stereocenters. The topological polar surface area (TPSA) is 30.9 Å². The summed E-state index contributed by atoms with van der Waals surface area (Å²) in [5.41, 5.74) is 3.90. The molecule has 0 fully saturated rings. The molecule has 1 aromatic carbocycles. The van der Waals surface area contributed by atoms with Crippen LogP contribution in [0.4, 0.5) is 5.69 Å². The lowest BCUT2D eigenvalue weighted by molar-refractivity contribution is 0.0266. The van der Waals surface area contributed by atoms with Crippen LogP contribution in [0.2, 0.25) is 0 Å². The van der Waals surface area contributed by atoms with E-state index in [-0.39, 0.29) is 0 Å². The Morgan fingerprint density at radius 3 is 2.05 bits per heavy atom. The van der Waals surface area contributed by atoms with Crippen molar-refractivity contribution in [2.45, 2.75) is 13.8 Å². The molecule has 1 aromatic rings. The van der Waals surface area contributed by atoms with Gasteiger partial charge in [0.05, 0.1) is 33.0 Å². The van der Waals surface area contributed by atoms with Crippen LogP contribution in [0.3, 0.4) is 0 Å². The predicted octanol–water partition coefficient (Wildman–Crippen LogP) is 2.42. The van der Waals surface area contributed by atoms with Crippen LogP contribution in [-0.4, -0.2) is 53.7 Å². The average molecular weight is 281 g/mol. The van der Waals surface area contributed by atoms with Crippen molar-refractivity contribution in [1.82, 2.24) is 0 Å². The molecule has 1 rings (SSSR count). The van der Waals surface area contributed by atoms with Gasteiger partial charge in [0, 0.05) is 26.4 Å². The summed E-state index contributed by atoms with van der Waals surface area (Å²) in [6, 6.07) is 6.38. The van der Waals surface area contributed by atoms with Crippen molar-refractivity contribution in [3.8, 4) is 0 Å². The third-order valence-corrected chi connectivity index (χ3v) is 3.20. The van der Waals surface area contributed by atoms with Crippen LogP contribution in [0.25, 0.3) is 0 Å². The van der Waals surface area contributed by atoms with Gasteiger partial charge in [-0.1, -0.05) is 18.2 Å². The molecule has 4 nitrogen and oxygen atoms in total. The average Bonchev–Trinajstić information content (AvgIpc) is 2.41. The third kappa shape index (κ3) is 5.90. The molecule has 0 bridgehead atoms. The van der Waals surface area contributed by atoms with E-state index in [1.165, 1.54) is 16.8 Å². The second-order valence-corrected chi connectivity index (χ2v) is 4.88. The summed E-state index contributed by atoms with van der Waals surface area (Å²) < 4.78 is 15.8. The molecule has 0 radical (unpaired) electrons. The Morgan fingerprint density at radius 1 is 0.900 bits per heavy atom. The highest BCUT2D eigenvalue weighted by Crippen LogP contribution is 2.22. The Labute approximate surface area is 122 Å². The number of methoxy groups -OCH3 is 1. The Bertz CT molecular complexity index is 362. The minimum Gasteiger partial charge on any atom is -0.382 e. The number of rotatable bonds is 10. The van der Waals surface area contributed by atoms with E-state index in [1.54, 1.807) is 7.11 Å². The Balaban J connectivity index is 2.19. The lowest BCUT2D eigenvalue weighted by Crippen LogP contribution is -2.24. The van der Waals surface area contributed by atoms with Gasteiger partial charge < -0.3 is 19.1 Å². The van der Waals surface area contributed by atoms with E-state index >= 15 is 0 Å². The van der Waals surface area contributed by atoms with Crippen molar-refractivity contribution in [2.24, 2.45) is 0 Å². The quantitative estimate of drug-likeness (QED) is 0.616. The Kier molecular flexibility index (Phi) is 8.26. The molecule has 0 aromatic heterocycles. The van der Waals surface area contributed by atoms with Gasteiger partial charge >= 0.3 is 0 Å². The van der Waals surface area contributed by atoms with Gasteiger partial charge in [0.2, 0.25) is 0 Å². The zero-order valence-electron chi connectivity index (χ0n) is 13.1. The summed E-state index contributed by atoms with van der Waals surface area (Å²) in [6.07, 6.45) is 0. The number of hydrogen-bond donors (Lipinski definition) is 0. The molecule has 0 saturated carbocycles. The normalized spacial score (nSPS) is 10.8. The van der Waals surface area contributed by atoms with E-state index in [9.17, 15) is 0 Å². The van der Waals surface area contributed by atoms with E-state index in [4.69, 9.17) is 14.2 Å². The minimum atomic E-state index is 0.621. The maximum absolute atomic E-state index is 5.58. The molecule has 114 valence electrons. The van der Waals surface area contributed by atoms with Crippen LogP contribution in [0.15, 0.2) is 18.2 Å². The van der Waals surface area contributed by atoms with Gasteiger partial charge in [0.1, 0.15) is 0 Å². The van der Waals surface area contributed by atoms with Crippen LogP contribution in [0.5, 0.6) is 0 Å². The van der Waals surface area contributed by atoms with E-state index in [2.05, 4.69) is 44.0 Å². The molecule has 0 N–H and O–H groups in total. The highest BCUT2D eigenvalue weighted by molar-refractivity contribution is 5.58. The van der Waals surface area contributed by atoms with Gasteiger partial charge in [-0.2, -0.15) is 0 Å². The molecule has 0 aliphatic rings. The van der Waals surface area contributed by atoms with E-state index in [0.717, 1.165) is 6.54 Å². The number of benzene rings is 1. The number of likely N-dealkylation sites (N-methyl/N-ethyl adjacent to an activating group) is 1. The predicted molar refractivity (Wildman–Crippen MR) is 82.7 cm³/mol. The summed E-state index contributed by atoms with van der Waals surface area (Å²) in [4.78, 5) is 2.25. The number of para-hydroxylation sites is 1. The highest BCUT2D eigenvalue weighted by Gasteiger charge is 2.07. The first-order valence-corrected chi connectivity index (χ1v) is 7.08. The van der Waals surface area contributed by atoms with E-state index in [0.29, 0.717) is 33.0 Å². The van der Waals surface area contributed by atoms with E-state index < -0.39 is 0 Å². The Hall–Kier alpha value is -1.10. The number of anilines is 1. The number of aryl methyl sites for hydroxylation is 2. The fraction of sp³-hybridized carbons (Fsp3) is 0.625. The van der Waals surface area contributed by atoms with Crippen LogP contribution >= 0.6 is 0 Å². The molecule has 20 heavy (non-hydrogen) atoms. The summed E-state index contributed by atoms with van der Waals surface area (Å²) in [5.74, 6) is 0. The molecule has 0 aliphatic heterocycles. The third-order valence-electron chi connectivity index (χ3n) is 3.20. The van der Waals surface area contributed by atoms with Gasteiger partial charge in [-0.3, -0.25) is 0 Å². The van der Waals surface area contributed by atoms with Gasteiger partial charge in [-0.25, -0.2) is 0 Å². The first-order chi connectivity index (χ1) is 9.66. The monoisotopic (exact) mass is 281 g/mol. The summed E-state index contributed by atoms with van der Waals surface area (Å²) in [7, 11) is 3.77. The molecular formula is C16H27NO3. The molecule has 4 heteroatoms. The van der Waals surface area contributed by atoms with Crippen molar-refractivity contribution in [1.29, 1.82) is 0 Å². The fourth-order valence-corrected chi connectivity index (χ4v) is 2.19. The summed E-state index contributed by atoms with van der Waals surface area (Å²) in [6.45, 7) is 8.38. The molecule has 0 saturated heterocycles. The summed E-state index contributed by atoms with van der Waals surface area (Å²) >= 11 is 0. The largest absolute Gasteiger partial charge is 0.382 e. The van der Waals surface area contributed by atoms with Gasteiger partial charge in [-0.05, 0) is 25.0 Å². The fourth-order valence-electron chi connectivity index (χ4n) is 2.19. The second kappa shape index (κ2) is 9.75. The van der Waals surface area contributed by atoms with Crippen LogP contribution in [-0.2, 0) is 14.2 Å². The van der Waals surface area contributed by atoms with Gasteiger partial charge in [-0.15, -0.1) is 0 Å². The maximum Gasteiger partial charge on any atom is 0.0701 e. The highest BCUT2D eigenvalue weighted by atomic mass is 16.5. The van der Waals surface area contributed by atoms with Crippen molar-refractivity contribution in [3.05, 3.63) is 29.3 Å². The smallest absolute Gasteiger partial charge is 0.0701 e. The summed E-state index contributed by atoms with van der Waals surface area (Å²) in [5, 5.41) is 0. The van der Waals surface area contributed by atoms with Crippen molar-refractivity contribution in [3.63, 3.8) is 0 Å². The van der Waals surface area contributed by atoms with Crippen LogP contribution in [0.1, 0.15) is 11.1 Å². The standard InChI is InChI=1S/C16H27NO3/c1-14-6-5-7-15(2)16(14)17(3)8-9-19-12-13-20-11-10-18-4/h5-7H,8-13H2,1-4H3. The zero-order chi connectivity index (χ0) is 14.8. The Morgan fingerprint density at radius 2 is 1.45 bits per heavy atom. The number of hydrogen-bond acceptors (Lipinski definition) is 4. The molecule has 0 amide bonds. The lowest BCUT2D eigenvalue weighted by Gasteiger charge is -2.23. The molecule has 0 spiro atoms.